The minimum atomic E-state index is 0.623. The lowest BCUT2D eigenvalue weighted by Gasteiger charge is -2.07. The molecule has 1 N–H and O–H groups in total. The smallest absolute Gasteiger partial charge is 0.122 e. The Kier molecular flexibility index (Phi) is 3.62. The number of hydrogen-bond donors (Lipinski definition) is 1. The normalized spacial score (nSPS) is 18.6. The number of benzene rings is 1. The summed E-state index contributed by atoms with van der Waals surface area (Å²) in [5.74, 6) is 1.72. The second-order valence-corrected chi connectivity index (χ2v) is 4.15. The van der Waals surface area contributed by atoms with Gasteiger partial charge in [0.1, 0.15) is 5.75 Å². The minimum absolute atomic E-state index is 0.623. The Bertz CT molecular complexity index is 311. The maximum absolute atomic E-state index is 5.65. The minimum Gasteiger partial charge on any atom is -0.493 e. The van der Waals surface area contributed by atoms with E-state index in [1.54, 1.807) is 0 Å². The van der Waals surface area contributed by atoms with Crippen LogP contribution in [0.3, 0.4) is 0 Å². The summed E-state index contributed by atoms with van der Waals surface area (Å²) in [6.07, 6.45) is 3.79. The first-order valence-corrected chi connectivity index (χ1v) is 5.78. The molecule has 0 radical (unpaired) electrons. The predicted molar refractivity (Wildman–Crippen MR) is 62.5 cm³/mol. The fourth-order valence-corrected chi connectivity index (χ4v) is 2.16. The van der Waals surface area contributed by atoms with Gasteiger partial charge in [0.25, 0.3) is 0 Å². The van der Waals surface area contributed by atoms with E-state index in [1.807, 2.05) is 13.1 Å². The molecule has 0 amide bonds. The van der Waals surface area contributed by atoms with Crippen molar-refractivity contribution in [1.29, 1.82) is 0 Å². The van der Waals surface area contributed by atoms with E-state index in [2.05, 4.69) is 23.5 Å². The molecule has 1 aliphatic heterocycles. The molecule has 0 bridgehead atoms. The van der Waals surface area contributed by atoms with E-state index in [4.69, 9.17) is 4.74 Å². The van der Waals surface area contributed by atoms with E-state index in [0.29, 0.717) is 5.92 Å². The van der Waals surface area contributed by atoms with Crippen molar-refractivity contribution in [3.63, 3.8) is 0 Å². The quantitative estimate of drug-likeness (QED) is 0.746. The number of para-hydroxylation sites is 1. The Labute approximate surface area is 91.6 Å². The van der Waals surface area contributed by atoms with Crippen LogP contribution in [0.15, 0.2) is 24.3 Å². The first kappa shape index (κ1) is 10.5. The van der Waals surface area contributed by atoms with Crippen molar-refractivity contribution in [2.75, 3.05) is 20.2 Å². The third kappa shape index (κ3) is 2.51. The van der Waals surface area contributed by atoms with Crippen LogP contribution in [0.25, 0.3) is 0 Å². The summed E-state index contributed by atoms with van der Waals surface area (Å²) in [4.78, 5) is 0. The van der Waals surface area contributed by atoms with Crippen LogP contribution in [0.2, 0.25) is 0 Å². The van der Waals surface area contributed by atoms with E-state index in [-0.39, 0.29) is 0 Å². The standard InChI is InChI=1S/C13H19NO/c1-14-9-5-4-6-11-10-15-13-8-3-2-7-12(11)13/h2-3,7-8,11,14H,4-6,9-10H2,1H3. The van der Waals surface area contributed by atoms with Gasteiger partial charge in [-0.25, -0.2) is 0 Å². The van der Waals surface area contributed by atoms with Gasteiger partial charge in [-0.05, 0) is 32.5 Å². The molecule has 0 saturated carbocycles. The molecule has 2 rings (SSSR count). The first-order valence-electron chi connectivity index (χ1n) is 5.78. The van der Waals surface area contributed by atoms with Crippen LogP contribution in [-0.4, -0.2) is 20.2 Å². The van der Waals surface area contributed by atoms with Gasteiger partial charge >= 0.3 is 0 Å². The van der Waals surface area contributed by atoms with Gasteiger partial charge in [-0.2, -0.15) is 0 Å². The third-order valence-corrected chi connectivity index (χ3v) is 3.03. The molecule has 82 valence electrons. The van der Waals surface area contributed by atoms with Gasteiger partial charge < -0.3 is 10.1 Å². The van der Waals surface area contributed by atoms with E-state index in [0.717, 1.165) is 18.9 Å². The average molecular weight is 205 g/mol. The van der Waals surface area contributed by atoms with Crippen LogP contribution in [-0.2, 0) is 0 Å². The van der Waals surface area contributed by atoms with Crippen molar-refractivity contribution in [1.82, 2.24) is 5.32 Å². The SMILES string of the molecule is CNCCCCC1COc2ccccc21. The number of fused-ring (bicyclic) bond motifs is 1. The van der Waals surface area contributed by atoms with Crippen LogP contribution in [0.5, 0.6) is 5.75 Å². The zero-order valence-electron chi connectivity index (χ0n) is 9.33. The Morgan fingerprint density at radius 1 is 1.33 bits per heavy atom. The molecule has 2 nitrogen and oxygen atoms in total. The van der Waals surface area contributed by atoms with Gasteiger partial charge in [-0.15, -0.1) is 0 Å². The van der Waals surface area contributed by atoms with Crippen molar-refractivity contribution in [3.05, 3.63) is 29.8 Å². The van der Waals surface area contributed by atoms with Crippen molar-refractivity contribution >= 4 is 0 Å². The zero-order chi connectivity index (χ0) is 10.5. The van der Waals surface area contributed by atoms with Crippen LogP contribution in [0, 0.1) is 0 Å². The highest BCUT2D eigenvalue weighted by atomic mass is 16.5. The lowest BCUT2D eigenvalue weighted by Crippen LogP contribution is -2.08. The number of rotatable bonds is 5. The molecule has 15 heavy (non-hydrogen) atoms. The largest absolute Gasteiger partial charge is 0.493 e. The molecule has 0 saturated heterocycles. The molecule has 1 aromatic rings. The Morgan fingerprint density at radius 3 is 3.07 bits per heavy atom. The molecular weight excluding hydrogens is 186 g/mol. The highest BCUT2D eigenvalue weighted by Crippen LogP contribution is 2.36. The second-order valence-electron chi connectivity index (χ2n) is 4.15. The van der Waals surface area contributed by atoms with E-state index in [1.165, 1.54) is 24.8 Å². The molecule has 1 heterocycles. The van der Waals surface area contributed by atoms with Crippen LogP contribution < -0.4 is 10.1 Å². The molecule has 1 atom stereocenters. The van der Waals surface area contributed by atoms with E-state index < -0.39 is 0 Å². The average Bonchev–Trinajstić information content (AvgIpc) is 2.68. The third-order valence-electron chi connectivity index (χ3n) is 3.03. The van der Waals surface area contributed by atoms with Crippen LogP contribution in [0.4, 0.5) is 0 Å². The fraction of sp³-hybridized carbons (Fsp3) is 0.538. The molecule has 1 aromatic carbocycles. The highest BCUT2D eigenvalue weighted by molar-refractivity contribution is 5.39. The summed E-state index contributed by atoms with van der Waals surface area (Å²) < 4.78 is 5.65. The molecule has 0 fully saturated rings. The van der Waals surface area contributed by atoms with Gasteiger partial charge in [-0.1, -0.05) is 24.6 Å². The van der Waals surface area contributed by atoms with Gasteiger partial charge in [0.15, 0.2) is 0 Å². The molecule has 0 spiro atoms. The fourth-order valence-electron chi connectivity index (χ4n) is 2.16. The van der Waals surface area contributed by atoms with Gasteiger partial charge in [0.05, 0.1) is 6.61 Å². The van der Waals surface area contributed by atoms with Crippen LogP contribution in [0.1, 0.15) is 30.7 Å². The summed E-state index contributed by atoms with van der Waals surface area (Å²) in [6.45, 7) is 1.99. The number of nitrogens with one attached hydrogen (secondary N) is 1. The Morgan fingerprint density at radius 2 is 2.20 bits per heavy atom. The number of ether oxygens (including phenoxy) is 1. The summed E-state index contributed by atoms with van der Waals surface area (Å²) in [7, 11) is 2.01. The van der Waals surface area contributed by atoms with Gasteiger partial charge in [-0.3, -0.25) is 0 Å². The molecule has 1 unspecified atom stereocenters. The van der Waals surface area contributed by atoms with Crippen molar-refractivity contribution in [2.24, 2.45) is 0 Å². The summed E-state index contributed by atoms with van der Waals surface area (Å²) in [5, 5.41) is 3.18. The molecule has 0 aromatic heterocycles. The van der Waals surface area contributed by atoms with E-state index in [9.17, 15) is 0 Å². The van der Waals surface area contributed by atoms with Crippen molar-refractivity contribution in [2.45, 2.75) is 25.2 Å². The molecule has 2 heteroatoms. The maximum Gasteiger partial charge on any atom is 0.122 e. The summed E-state index contributed by atoms with van der Waals surface area (Å²) in [5.41, 5.74) is 1.40. The second kappa shape index (κ2) is 5.17. The van der Waals surface area contributed by atoms with E-state index >= 15 is 0 Å². The van der Waals surface area contributed by atoms with Crippen molar-refractivity contribution in [3.8, 4) is 5.75 Å². The monoisotopic (exact) mass is 205 g/mol. The molecule has 1 aliphatic rings. The Hall–Kier alpha value is -1.02. The van der Waals surface area contributed by atoms with Gasteiger partial charge in [0, 0.05) is 11.5 Å². The van der Waals surface area contributed by atoms with Gasteiger partial charge in [0.2, 0.25) is 0 Å². The Balaban J connectivity index is 1.85. The highest BCUT2D eigenvalue weighted by Gasteiger charge is 2.22. The number of unbranched alkanes of at least 4 members (excludes halogenated alkanes) is 1. The number of hydrogen-bond acceptors (Lipinski definition) is 2. The predicted octanol–water partition coefficient (Wildman–Crippen LogP) is 2.55. The molecule has 0 aliphatic carbocycles. The van der Waals surface area contributed by atoms with Crippen molar-refractivity contribution < 1.29 is 4.74 Å². The summed E-state index contributed by atoms with van der Waals surface area (Å²) >= 11 is 0. The lowest BCUT2D eigenvalue weighted by atomic mass is 9.95. The van der Waals surface area contributed by atoms with Crippen LogP contribution >= 0.6 is 0 Å². The maximum atomic E-state index is 5.65. The molecular formula is C13H19NO. The topological polar surface area (TPSA) is 21.3 Å². The first-order chi connectivity index (χ1) is 7.42. The zero-order valence-corrected chi connectivity index (χ0v) is 9.33. The summed E-state index contributed by atoms with van der Waals surface area (Å²) in [6, 6.07) is 8.42. The lowest BCUT2D eigenvalue weighted by molar-refractivity contribution is 0.322.